The largest absolute Gasteiger partial charge is 0.481 e. The van der Waals surface area contributed by atoms with Gasteiger partial charge in [0.2, 0.25) is 35.4 Å². The minimum atomic E-state index is -5.85. The number of anilines is 1. The van der Waals surface area contributed by atoms with Gasteiger partial charge in [-0.3, -0.25) is 57.2 Å². The van der Waals surface area contributed by atoms with Crippen molar-refractivity contribution in [1.29, 1.82) is 0 Å². The predicted molar refractivity (Wildman–Crippen MR) is 290 cm³/mol. The highest BCUT2D eigenvalue weighted by Gasteiger charge is 2.47. The number of nitrogens with two attached hydrogens (primary N) is 6. The molecule has 2 aromatic rings. The number of guanidine groups is 2. The number of carbonyl (C=O) groups excluding carboxylic acids is 6. The second kappa shape index (κ2) is 32.8. The van der Waals surface area contributed by atoms with Gasteiger partial charge in [-0.25, -0.2) is 24.1 Å². The van der Waals surface area contributed by atoms with Crippen molar-refractivity contribution in [2.75, 3.05) is 38.6 Å². The summed E-state index contributed by atoms with van der Waals surface area (Å²) in [4.78, 5) is 134. The summed E-state index contributed by atoms with van der Waals surface area (Å²) in [6, 6.07) is -8.87. The molecule has 2 aromatic heterocycles. The van der Waals surface area contributed by atoms with E-state index in [0.717, 1.165) is 13.3 Å². The second-order valence-electron chi connectivity index (χ2n) is 19.8. The molecule has 0 radical (unpaired) electrons. The Morgan fingerprint density at radius 3 is 1.78 bits per heavy atom. The van der Waals surface area contributed by atoms with Crippen LogP contribution in [0.4, 0.5) is 5.82 Å². The molecule has 3 rings (SSSR count). The molecule has 12 atom stereocenters. The first kappa shape index (κ1) is 69.5. The van der Waals surface area contributed by atoms with E-state index in [2.05, 4.69) is 61.1 Å². The molecule has 36 nitrogen and oxygen atoms in total. The zero-order valence-corrected chi connectivity index (χ0v) is 47.6. The lowest BCUT2D eigenvalue weighted by Gasteiger charge is -2.27. The molecule has 1 aliphatic heterocycles. The van der Waals surface area contributed by atoms with Crippen LogP contribution in [-0.4, -0.2) is 185 Å². The van der Waals surface area contributed by atoms with E-state index in [9.17, 15) is 62.7 Å². The number of ether oxygens (including phenoxy) is 1. The number of aromatic nitrogens is 4. The fraction of sp³-hybridized carbons (Fsp3) is 0.682. The maximum atomic E-state index is 14.0. The van der Waals surface area contributed by atoms with Crippen molar-refractivity contribution in [1.82, 2.24) is 51.4 Å². The molecular formula is C44H78N18O18P2. The number of carboxylic acid groups (broad SMARTS) is 1. The number of phosphoric acid groups is 2. The predicted octanol–water partition coefficient (Wildman–Crippen LogP) is -4.77. The van der Waals surface area contributed by atoms with Gasteiger partial charge in [-0.15, -0.1) is 0 Å². The highest BCUT2D eigenvalue weighted by Crippen LogP contribution is 2.60. The maximum Gasteiger partial charge on any atom is 0.481 e. The monoisotopic (exact) mass is 1210 g/mol. The number of nitrogens with zero attached hydrogens (tertiary/aromatic N) is 6. The van der Waals surface area contributed by atoms with Crippen LogP contribution < -0.4 is 66.3 Å². The smallest absolute Gasteiger partial charge is 0.480 e. The van der Waals surface area contributed by atoms with Crippen LogP contribution >= 0.6 is 15.6 Å². The third-order valence-corrected chi connectivity index (χ3v) is 14.5. The Labute approximate surface area is 470 Å². The van der Waals surface area contributed by atoms with Crippen LogP contribution in [0.15, 0.2) is 22.6 Å². The lowest BCUT2D eigenvalue weighted by atomic mass is 10.0. The van der Waals surface area contributed by atoms with Crippen molar-refractivity contribution < 1.29 is 85.9 Å². The lowest BCUT2D eigenvalue weighted by Crippen LogP contribution is -2.59. The molecule has 6 amide bonds. The van der Waals surface area contributed by atoms with Crippen LogP contribution in [-0.2, 0) is 60.8 Å². The van der Waals surface area contributed by atoms with Crippen molar-refractivity contribution in [3.63, 3.8) is 0 Å². The fourth-order valence-corrected chi connectivity index (χ4v) is 9.92. The number of hydrogen-bond donors (Lipinski definition) is 17. The second-order valence-corrected chi connectivity index (χ2v) is 22.8. The number of unbranched alkanes of at least 4 members (excludes halogenated alkanes) is 2. The number of hydrogen-bond acceptors (Lipinski definition) is 22. The van der Waals surface area contributed by atoms with Crippen LogP contribution in [0.2, 0.25) is 0 Å². The number of rotatable bonds is 36. The van der Waals surface area contributed by atoms with Crippen LogP contribution in [0.25, 0.3) is 11.2 Å². The Kier molecular flexibility index (Phi) is 27.8. The van der Waals surface area contributed by atoms with Crippen LogP contribution in [0.1, 0.15) is 92.2 Å². The Morgan fingerprint density at radius 1 is 0.695 bits per heavy atom. The van der Waals surface area contributed by atoms with E-state index in [0.29, 0.717) is 19.3 Å². The number of nitrogen functional groups attached to an aromatic ring is 1. The van der Waals surface area contributed by atoms with Crippen LogP contribution in [0.3, 0.4) is 0 Å². The summed E-state index contributed by atoms with van der Waals surface area (Å²) in [6.45, 7) is 5.18. The van der Waals surface area contributed by atoms with Crippen LogP contribution in [0.5, 0.6) is 0 Å². The number of aliphatic imine (C=N–C) groups is 2. The Morgan fingerprint density at radius 2 is 1.22 bits per heavy atom. The van der Waals surface area contributed by atoms with E-state index < -0.39 is 138 Å². The fourth-order valence-electron chi connectivity index (χ4n) is 7.83. The maximum absolute atomic E-state index is 14.0. The normalized spacial score (nSPS) is 19.7. The van der Waals surface area contributed by atoms with Crippen molar-refractivity contribution >= 4 is 86.0 Å². The van der Waals surface area contributed by atoms with Crippen molar-refractivity contribution in [3.8, 4) is 0 Å². The Balaban J connectivity index is 1.85. The van der Waals surface area contributed by atoms with E-state index in [1.165, 1.54) is 10.9 Å². The number of nitrogens with one attached hydrogen (secondary N) is 6. The molecule has 82 heavy (non-hydrogen) atoms. The summed E-state index contributed by atoms with van der Waals surface area (Å²) in [5, 5.41) is 44.9. The SMILES string of the molecule is CC(C)C[C@H](NC(=O)[C@H](COP(=O)(O)OP(=O)(O)OC[C@H]1O[C@@H](n2cnc3c(N)ncnc32)[C@H](O)[C@@H]1O)NC(=O)[C@H](C)NC(=O)[C@H](CCCCN=C(N)N)NC(=O)[C@H](CCCCN=C(N)N)NC(=O)[C@@H](N)CC(C)C)C(=O)NCC(=O)O. The van der Waals surface area contributed by atoms with Gasteiger partial charge < -0.3 is 96.1 Å². The molecule has 0 bridgehead atoms. The van der Waals surface area contributed by atoms with Gasteiger partial charge in [0, 0.05) is 13.1 Å². The van der Waals surface area contributed by atoms with Gasteiger partial charge in [0.25, 0.3) is 0 Å². The summed E-state index contributed by atoms with van der Waals surface area (Å²) >= 11 is 0. The van der Waals surface area contributed by atoms with Crippen molar-refractivity contribution in [2.45, 2.75) is 147 Å². The van der Waals surface area contributed by atoms with Gasteiger partial charge in [0.05, 0.1) is 25.6 Å². The molecule has 38 heteroatoms. The minimum absolute atomic E-state index is 0.0182. The van der Waals surface area contributed by atoms with E-state index >= 15 is 0 Å². The quantitative estimate of drug-likeness (QED) is 0.0132. The molecule has 0 saturated carbocycles. The van der Waals surface area contributed by atoms with Gasteiger partial charge in [0.1, 0.15) is 66.9 Å². The number of aliphatic hydroxyl groups is 2. The van der Waals surface area contributed by atoms with E-state index in [-0.39, 0.29) is 85.9 Å². The molecule has 23 N–H and O–H groups in total. The Bertz CT molecular complexity index is 2660. The highest BCUT2D eigenvalue weighted by molar-refractivity contribution is 7.61. The first-order chi connectivity index (χ1) is 38.3. The van der Waals surface area contributed by atoms with Gasteiger partial charge in [-0.2, -0.15) is 4.31 Å². The van der Waals surface area contributed by atoms with Crippen molar-refractivity contribution in [3.05, 3.63) is 12.7 Å². The van der Waals surface area contributed by atoms with Gasteiger partial charge >= 0.3 is 21.6 Å². The molecule has 1 saturated heterocycles. The van der Waals surface area contributed by atoms with E-state index in [1.54, 1.807) is 13.8 Å². The number of aliphatic carboxylic acids is 1. The number of amides is 6. The first-order valence-electron chi connectivity index (χ1n) is 25.8. The summed E-state index contributed by atoms with van der Waals surface area (Å²) in [5.74, 6) is -8.02. The lowest BCUT2D eigenvalue weighted by molar-refractivity contribution is -0.138. The average molecular weight is 1210 g/mol. The molecule has 462 valence electrons. The molecule has 3 heterocycles. The summed E-state index contributed by atoms with van der Waals surface area (Å²) < 4.78 is 47.3. The zero-order chi connectivity index (χ0) is 61.6. The van der Waals surface area contributed by atoms with Crippen molar-refractivity contribution in [2.24, 2.45) is 50.5 Å². The number of phosphoric ester groups is 2. The third-order valence-electron chi connectivity index (χ3n) is 11.9. The molecule has 1 fully saturated rings. The number of fused-ring (bicyclic) bond motifs is 1. The standard InChI is InChI=1S/C44H78N18O18P2/c1-21(2)14-24(45)37(68)58-26(11-7-9-13-52-44(49)50)40(71)59-25(10-6-8-12-51-43(47)48)39(70)57-23(5)36(67)61-28(41(72)60-27(15-22(3)4)38(69)53-16-30(63)64)17-77-81(73,74)80-82(75,76)78-18-29-32(65)33(66)42(79-29)62-20-56-31-34(46)54-19-55-35(31)62/h19-29,32-33,42,65-66H,6-18,45H2,1-5H3,(H,53,69)(H,57,70)(H,58,68)(H,59,71)(H,60,72)(H,61,67)(H,63,64)(H,73,74)(H,75,76)(H2,46,54,55)(H4,47,48,51)(H4,49,50,52)/t23-,24-,25-,26-,27-,28-,29+,32+,33+,42+/m0/s1. The zero-order valence-electron chi connectivity index (χ0n) is 45.9. The molecule has 0 aromatic carbocycles. The molecular weight excluding hydrogens is 1130 g/mol. The average Bonchev–Trinajstić information content (AvgIpc) is 4.16. The van der Waals surface area contributed by atoms with Gasteiger partial charge in [0.15, 0.2) is 29.6 Å². The molecule has 1 aliphatic rings. The highest BCUT2D eigenvalue weighted by atomic mass is 31.3. The number of carboxylic acids is 1. The van der Waals surface area contributed by atoms with Crippen LogP contribution in [0, 0.1) is 11.8 Å². The third kappa shape index (κ3) is 23.6. The number of carbonyl (C=O) groups is 7. The topological polar surface area (TPSA) is 588 Å². The van der Waals surface area contributed by atoms with Gasteiger partial charge in [-0.05, 0) is 70.1 Å². The Hall–Kier alpha value is -6.72. The number of aliphatic hydroxyl groups excluding tert-OH is 2. The molecule has 0 spiro atoms. The molecule has 0 aliphatic carbocycles. The number of imidazole rings is 1. The first-order valence-corrected chi connectivity index (χ1v) is 28.8. The van der Waals surface area contributed by atoms with E-state index in [4.69, 9.17) is 53.3 Å². The molecule has 2 unspecified atom stereocenters. The van der Waals surface area contributed by atoms with Gasteiger partial charge in [-0.1, -0.05) is 27.7 Å². The summed E-state index contributed by atoms with van der Waals surface area (Å²) in [5.41, 5.74) is 33.9. The van der Waals surface area contributed by atoms with E-state index in [1.807, 2.05) is 13.8 Å². The summed E-state index contributed by atoms with van der Waals surface area (Å²) in [6.07, 6.45) is -2.90. The summed E-state index contributed by atoms with van der Waals surface area (Å²) in [7, 11) is -11.6. The minimum Gasteiger partial charge on any atom is -0.480 e.